The van der Waals surface area contributed by atoms with Gasteiger partial charge < -0.3 is 0 Å². The second-order valence-corrected chi connectivity index (χ2v) is 3.64. The fraction of sp³-hybridized carbons (Fsp3) is 0. The predicted molar refractivity (Wildman–Crippen MR) is 54.9 cm³/mol. The van der Waals surface area contributed by atoms with E-state index in [4.69, 9.17) is 11.6 Å². The molecule has 1 N–H and O–H groups in total. The van der Waals surface area contributed by atoms with Crippen molar-refractivity contribution in [3.05, 3.63) is 28.8 Å². The summed E-state index contributed by atoms with van der Waals surface area (Å²) in [6.07, 6.45) is 2.59. The van der Waals surface area contributed by atoms with Gasteiger partial charge in [0.05, 0.1) is 12.4 Å². The predicted octanol–water partition coefficient (Wildman–Crippen LogP) is 1.23. The summed E-state index contributed by atoms with van der Waals surface area (Å²) in [7, 11) is 0. The molecule has 0 fully saturated rings. The molecule has 0 aliphatic carbocycles. The molecule has 1 amide bonds. The van der Waals surface area contributed by atoms with Crippen LogP contribution in [0.15, 0.2) is 17.9 Å². The molecule has 0 bridgehead atoms. The molecule has 0 aliphatic heterocycles. The summed E-state index contributed by atoms with van der Waals surface area (Å²) in [6, 6.07) is 0. The van der Waals surface area contributed by atoms with E-state index >= 15 is 0 Å². The molecule has 2 aromatic heterocycles. The third kappa shape index (κ3) is 2.45. The van der Waals surface area contributed by atoms with Crippen LogP contribution in [-0.4, -0.2) is 26.1 Å². The molecule has 0 saturated carbocycles. The second-order valence-electron chi connectivity index (χ2n) is 2.42. The van der Waals surface area contributed by atoms with Crippen molar-refractivity contribution < 1.29 is 4.79 Å². The minimum Gasteiger partial charge on any atom is -0.295 e. The molecular weight excluding hydrogens is 238 g/mol. The van der Waals surface area contributed by atoms with Crippen molar-refractivity contribution in [2.75, 3.05) is 5.32 Å². The zero-order valence-corrected chi connectivity index (χ0v) is 8.79. The highest BCUT2D eigenvalue weighted by molar-refractivity contribution is 7.13. The van der Waals surface area contributed by atoms with E-state index in [0.29, 0.717) is 5.13 Å². The molecule has 0 aliphatic rings. The average molecular weight is 242 g/mol. The molecule has 15 heavy (non-hydrogen) atoms. The first kappa shape index (κ1) is 9.94. The van der Waals surface area contributed by atoms with Crippen LogP contribution in [0, 0.1) is 0 Å². The van der Waals surface area contributed by atoms with Crippen LogP contribution in [0.5, 0.6) is 0 Å². The molecule has 0 aromatic carbocycles. The van der Waals surface area contributed by atoms with Crippen LogP contribution in [0.4, 0.5) is 5.13 Å². The number of amides is 1. The van der Waals surface area contributed by atoms with Gasteiger partial charge in [0.25, 0.3) is 5.91 Å². The Morgan fingerprint density at radius 2 is 2.27 bits per heavy atom. The maximum atomic E-state index is 11.5. The Balaban J connectivity index is 2.11. The fourth-order valence-electron chi connectivity index (χ4n) is 0.818. The number of anilines is 1. The smallest absolute Gasteiger partial charge is 0.277 e. The van der Waals surface area contributed by atoms with Gasteiger partial charge in [0.2, 0.25) is 5.13 Å². The zero-order chi connectivity index (χ0) is 10.7. The first-order chi connectivity index (χ1) is 7.25. The van der Waals surface area contributed by atoms with Gasteiger partial charge in [-0.1, -0.05) is 22.9 Å². The summed E-state index contributed by atoms with van der Waals surface area (Å²) in [5.74, 6) is -0.393. The summed E-state index contributed by atoms with van der Waals surface area (Å²) < 4.78 is 0. The summed E-state index contributed by atoms with van der Waals surface area (Å²) in [5.41, 5.74) is 1.69. The number of carbonyl (C=O) groups excluding carboxylic acids is 1. The Morgan fingerprint density at radius 1 is 1.40 bits per heavy atom. The molecular formula is C7H4ClN5OS. The lowest BCUT2D eigenvalue weighted by molar-refractivity contribution is 0.102. The van der Waals surface area contributed by atoms with E-state index in [1.807, 2.05) is 0 Å². The largest absolute Gasteiger partial charge is 0.295 e. The lowest BCUT2D eigenvalue weighted by atomic mass is 10.4. The number of carbonyl (C=O) groups is 1. The van der Waals surface area contributed by atoms with Gasteiger partial charge in [-0.3, -0.25) is 10.1 Å². The number of halogens is 1. The van der Waals surface area contributed by atoms with Crippen molar-refractivity contribution in [2.24, 2.45) is 0 Å². The van der Waals surface area contributed by atoms with Crippen molar-refractivity contribution >= 4 is 34.0 Å². The number of nitrogens with zero attached hydrogens (tertiary/aromatic N) is 4. The van der Waals surface area contributed by atoms with Gasteiger partial charge in [-0.05, 0) is 0 Å². The molecule has 2 rings (SSSR count). The van der Waals surface area contributed by atoms with Gasteiger partial charge in [-0.25, -0.2) is 9.97 Å². The Morgan fingerprint density at radius 3 is 2.87 bits per heavy atom. The molecule has 6 nitrogen and oxygen atoms in total. The van der Waals surface area contributed by atoms with E-state index in [9.17, 15) is 4.79 Å². The van der Waals surface area contributed by atoms with Crippen LogP contribution >= 0.6 is 22.9 Å². The molecule has 0 saturated heterocycles. The average Bonchev–Trinajstić information content (AvgIpc) is 2.71. The maximum Gasteiger partial charge on any atom is 0.277 e. The van der Waals surface area contributed by atoms with E-state index in [1.54, 1.807) is 0 Å². The molecule has 76 valence electrons. The highest BCUT2D eigenvalue weighted by atomic mass is 35.5. The van der Waals surface area contributed by atoms with Crippen LogP contribution in [-0.2, 0) is 0 Å². The van der Waals surface area contributed by atoms with Crippen LogP contribution in [0.2, 0.25) is 5.15 Å². The van der Waals surface area contributed by atoms with Gasteiger partial charge >= 0.3 is 0 Å². The number of hydrogen-bond acceptors (Lipinski definition) is 6. The molecule has 2 heterocycles. The van der Waals surface area contributed by atoms with Crippen molar-refractivity contribution in [2.45, 2.75) is 0 Å². The Bertz CT molecular complexity index is 457. The van der Waals surface area contributed by atoms with Crippen LogP contribution < -0.4 is 5.32 Å². The number of rotatable bonds is 2. The molecule has 0 radical (unpaired) electrons. The van der Waals surface area contributed by atoms with E-state index in [0.717, 1.165) is 0 Å². The third-order valence-electron chi connectivity index (χ3n) is 1.43. The Kier molecular flexibility index (Phi) is 2.84. The van der Waals surface area contributed by atoms with Crippen LogP contribution in [0.1, 0.15) is 10.5 Å². The first-order valence-corrected chi connectivity index (χ1v) is 5.06. The minimum atomic E-state index is -0.393. The second kappa shape index (κ2) is 4.28. The molecule has 0 unspecified atom stereocenters. The standard InChI is InChI=1S/C7H4ClN5OS/c8-5-2-9-4(1-10-5)6(14)12-7-13-11-3-15-7/h1-3H,(H,12,13,14). The molecule has 0 atom stereocenters. The first-order valence-electron chi connectivity index (χ1n) is 3.81. The van der Waals surface area contributed by atoms with Gasteiger partial charge in [-0.15, -0.1) is 10.2 Å². The lowest BCUT2D eigenvalue weighted by Crippen LogP contribution is -2.13. The van der Waals surface area contributed by atoms with E-state index in [2.05, 4.69) is 25.5 Å². The molecule has 0 spiro atoms. The molecule has 8 heteroatoms. The lowest BCUT2D eigenvalue weighted by Gasteiger charge is -1.98. The normalized spacial score (nSPS) is 9.93. The van der Waals surface area contributed by atoms with Crippen molar-refractivity contribution in [1.29, 1.82) is 0 Å². The monoisotopic (exact) mass is 241 g/mol. The van der Waals surface area contributed by atoms with E-state index in [-0.39, 0.29) is 10.8 Å². The highest BCUT2D eigenvalue weighted by Crippen LogP contribution is 2.09. The maximum absolute atomic E-state index is 11.5. The van der Waals surface area contributed by atoms with E-state index < -0.39 is 5.91 Å². The number of aromatic nitrogens is 4. The highest BCUT2D eigenvalue weighted by Gasteiger charge is 2.09. The zero-order valence-electron chi connectivity index (χ0n) is 7.22. The van der Waals surface area contributed by atoms with Crippen molar-refractivity contribution in [3.8, 4) is 0 Å². The van der Waals surface area contributed by atoms with Crippen molar-refractivity contribution in [3.63, 3.8) is 0 Å². The summed E-state index contributed by atoms with van der Waals surface area (Å²) >= 11 is 6.75. The van der Waals surface area contributed by atoms with E-state index in [1.165, 1.54) is 29.2 Å². The number of nitrogens with one attached hydrogen (secondary N) is 1. The Hall–Kier alpha value is -1.60. The van der Waals surface area contributed by atoms with Gasteiger partial charge in [0.15, 0.2) is 0 Å². The fourth-order valence-corrected chi connectivity index (χ4v) is 1.36. The number of hydrogen-bond donors (Lipinski definition) is 1. The molecule has 2 aromatic rings. The Labute approximate surface area is 93.4 Å². The van der Waals surface area contributed by atoms with Gasteiger partial charge in [-0.2, -0.15) is 0 Å². The summed E-state index contributed by atoms with van der Waals surface area (Å²) in [5, 5.41) is 10.4. The quantitative estimate of drug-likeness (QED) is 0.855. The van der Waals surface area contributed by atoms with Crippen LogP contribution in [0.3, 0.4) is 0 Å². The summed E-state index contributed by atoms with van der Waals surface area (Å²) in [6.45, 7) is 0. The SMILES string of the molecule is O=C(Nc1nncs1)c1cnc(Cl)cn1. The summed E-state index contributed by atoms with van der Waals surface area (Å²) in [4.78, 5) is 19.1. The topological polar surface area (TPSA) is 80.7 Å². The van der Waals surface area contributed by atoms with Crippen molar-refractivity contribution in [1.82, 2.24) is 20.2 Å². The minimum absolute atomic E-state index is 0.176. The third-order valence-corrected chi connectivity index (χ3v) is 2.24. The van der Waals surface area contributed by atoms with Gasteiger partial charge in [0.1, 0.15) is 16.4 Å². The van der Waals surface area contributed by atoms with Gasteiger partial charge in [0, 0.05) is 0 Å². The van der Waals surface area contributed by atoms with Crippen LogP contribution in [0.25, 0.3) is 0 Å².